The quantitative estimate of drug-likeness (QED) is 0.347. The molecule has 6 heteroatoms. The molecule has 0 radical (unpaired) electrons. The van der Waals surface area contributed by atoms with Gasteiger partial charge in [0, 0.05) is 34.9 Å². The first kappa shape index (κ1) is 16.9. The molecule has 1 unspecified atom stereocenters. The van der Waals surface area contributed by atoms with Gasteiger partial charge in [-0.25, -0.2) is 9.37 Å². The molecule has 0 amide bonds. The molecule has 2 aromatic heterocycles. The Hall–Kier alpha value is -2.98. The van der Waals surface area contributed by atoms with Gasteiger partial charge in [-0.1, -0.05) is 18.1 Å². The number of benzene rings is 1. The minimum atomic E-state index is -0.326. The van der Waals surface area contributed by atoms with Crippen LogP contribution in [0.15, 0.2) is 53.9 Å². The number of hydrogen-bond donors (Lipinski definition) is 0. The largest absolute Gasteiger partial charge is 0.265 e. The zero-order valence-corrected chi connectivity index (χ0v) is 13.9. The van der Waals surface area contributed by atoms with Crippen molar-refractivity contribution in [2.24, 2.45) is 11.0 Å². The summed E-state index contributed by atoms with van der Waals surface area (Å²) in [5.41, 5.74) is 11.3. The first-order valence-electron chi connectivity index (χ1n) is 8.18. The summed E-state index contributed by atoms with van der Waals surface area (Å²) in [7, 11) is 0. The molecule has 0 N–H and O–H groups in total. The van der Waals surface area contributed by atoms with Gasteiger partial charge in [0.05, 0.1) is 0 Å². The van der Waals surface area contributed by atoms with Crippen molar-refractivity contribution < 1.29 is 4.39 Å². The van der Waals surface area contributed by atoms with Crippen LogP contribution in [-0.2, 0) is 6.42 Å². The second-order valence-electron chi connectivity index (χ2n) is 6.13. The zero-order valence-electron chi connectivity index (χ0n) is 13.9. The first-order valence-corrected chi connectivity index (χ1v) is 8.18. The smallest absolute Gasteiger partial charge is 0.150 e. The predicted molar refractivity (Wildman–Crippen MR) is 96.4 cm³/mol. The third-order valence-electron chi connectivity index (χ3n) is 4.17. The van der Waals surface area contributed by atoms with Crippen molar-refractivity contribution >= 4 is 10.9 Å². The summed E-state index contributed by atoms with van der Waals surface area (Å²) in [5, 5.41) is 4.36. The predicted octanol–water partition coefficient (Wildman–Crippen LogP) is 5.31. The third kappa shape index (κ3) is 4.11. The minimum absolute atomic E-state index is 0.271. The van der Waals surface area contributed by atoms with Crippen molar-refractivity contribution in [3.63, 3.8) is 0 Å². The van der Waals surface area contributed by atoms with Crippen LogP contribution in [0.25, 0.3) is 32.5 Å². The van der Waals surface area contributed by atoms with E-state index in [1.807, 2.05) is 37.3 Å². The lowest BCUT2D eigenvalue weighted by molar-refractivity contribution is 0.540. The Balaban J connectivity index is 1.84. The molecule has 1 aromatic carbocycles. The molecule has 0 saturated carbocycles. The molecule has 2 heterocycles. The van der Waals surface area contributed by atoms with E-state index in [4.69, 9.17) is 5.53 Å². The van der Waals surface area contributed by atoms with Crippen molar-refractivity contribution in [3.05, 3.63) is 70.7 Å². The highest BCUT2D eigenvalue weighted by Gasteiger charge is 2.09. The SMILES string of the molecule is CC(CCc1ccc2cc(-c3ccncc3)cc(F)c2n1)CN=[N+]=[N-]. The molecule has 3 rings (SSSR count). The number of pyridine rings is 2. The van der Waals surface area contributed by atoms with Gasteiger partial charge in [-0.3, -0.25) is 4.98 Å². The molecular formula is C19H18FN5. The van der Waals surface area contributed by atoms with Crippen LogP contribution in [0.2, 0.25) is 0 Å². The van der Waals surface area contributed by atoms with E-state index < -0.39 is 0 Å². The molecule has 5 nitrogen and oxygen atoms in total. The van der Waals surface area contributed by atoms with E-state index in [1.165, 1.54) is 6.07 Å². The van der Waals surface area contributed by atoms with Crippen molar-refractivity contribution in [2.75, 3.05) is 6.54 Å². The number of azide groups is 1. The zero-order chi connectivity index (χ0) is 17.6. The number of nitrogens with zero attached hydrogens (tertiary/aromatic N) is 5. The summed E-state index contributed by atoms with van der Waals surface area (Å²) in [4.78, 5) is 11.2. The van der Waals surface area contributed by atoms with Crippen molar-refractivity contribution in [1.82, 2.24) is 9.97 Å². The Morgan fingerprint density at radius 1 is 1.16 bits per heavy atom. The molecule has 1 atom stereocenters. The van der Waals surface area contributed by atoms with E-state index in [1.54, 1.807) is 12.4 Å². The van der Waals surface area contributed by atoms with Gasteiger partial charge in [0.1, 0.15) is 11.3 Å². The maximum absolute atomic E-state index is 14.5. The summed E-state index contributed by atoms with van der Waals surface area (Å²) in [6.07, 6.45) is 4.95. The molecule has 0 aliphatic carbocycles. The molecule has 0 aliphatic rings. The number of fused-ring (bicyclic) bond motifs is 1. The highest BCUT2D eigenvalue weighted by molar-refractivity contribution is 5.85. The maximum Gasteiger partial charge on any atom is 0.150 e. The van der Waals surface area contributed by atoms with E-state index in [0.29, 0.717) is 12.1 Å². The maximum atomic E-state index is 14.5. The molecule has 0 aliphatic heterocycles. The Bertz CT molecular complexity index is 920. The van der Waals surface area contributed by atoms with Gasteiger partial charge >= 0.3 is 0 Å². The molecule has 126 valence electrons. The van der Waals surface area contributed by atoms with E-state index in [-0.39, 0.29) is 11.7 Å². The molecule has 3 aromatic rings. The normalized spacial score (nSPS) is 11.9. The van der Waals surface area contributed by atoms with E-state index in [0.717, 1.165) is 35.0 Å². The summed E-state index contributed by atoms with van der Waals surface area (Å²) in [6, 6.07) is 11.0. The van der Waals surface area contributed by atoms with Crippen LogP contribution >= 0.6 is 0 Å². The fourth-order valence-electron chi connectivity index (χ4n) is 2.74. The van der Waals surface area contributed by atoms with Crippen LogP contribution in [-0.4, -0.2) is 16.5 Å². The fourth-order valence-corrected chi connectivity index (χ4v) is 2.74. The van der Waals surface area contributed by atoms with Crippen LogP contribution in [0, 0.1) is 11.7 Å². The lowest BCUT2D eigenvalue weighted by Gasteiger charge is -2.09. The van der Waals surface area contributed by atoms with Crippen molar-refractivity contribution in [1.29, 1.82) is 0 Å². The third-order valence-corrected chi connectivity index (χ3v) is 4.17. The van der Waals surface area contributed by atoms with Gasteiger partial charge in [0.25, 0.3) is 0 Å². The number of aryl methyl sites for hydroxylation is 1. The molecule has 0 saturated heterocycles. The van der Waals surface area contributed by atoms with Gasteiger partial charge in [-0.15, -0.1) is 0 Å². The average molecular weight is 335 g/mol. The number of halogens is 1. The molecule has 0 fully saturated rings. The van der Waals surface area contributed by atoms with E-state index >= 15 is 0 Å². The average Bonchev–Trinajstić information content (AvgIpc) is 2.65. The molecule has 0 bridgehead atoms. The lowest BCUT2D eigenvalue weighted by atomic mass is 10.0. The van der Waals surface area contributed by atoms with Crippen molar-refractivity contribution in [2.45, 2.75) is 19.8 Å². The van der Waals surface area contributed by atoms with Crippen LogP contribution in [0.3, 0.4) is 0 Å². The Morgan fingerprint density at radius 2 is 1.96 bits per heavy atom. The van der Waals surface area contributed by atoms with Crippen LogP contribution in [0.1, 0.15) is 19.0 Å². The van der Waals surface area contributed by atoms with E-state index in [2.05, 4.69) is 20.0 Å². The number of hydrogen-bond acceptors (Lipinski definition) is 3. The molecule has 25 heavy (non-hydrogen) atoms. The number of rotatable bonds is 6. The van der Waals surface area contributed by atoms with Gasteiger partial charge in [-0.05, 0) is 65.7 Å². The second kappa shape index (κ2) is 7.73. The summed E-state index contributed by atoms with van der Waals surface area (Å²) in [5.74, 6) is -0.0550. The Morgan fingerprint density at radius 3 is 2.72 bits per heavy atom. The van der Waals surface area contributed by atoms with Gasteiger partial charge in [-0.2, -0.15) is 0 Å². The van der Waals surface area contributed by atoms with Gasteiger partial charge < -0.3 is 0 Å². The van der Waals surface area contributed by atoms with Crippen LogP contribution in [0.4, 0.5) is 4.39 Å². The van der Waals surface area contributed by atoms with Gasteiger partial charge in [0.15, 0.2) is 0 Å². The van der Waals surface area contributed by atoms with E-state index in [9.17, 15) is 4.39 Å². The van der Waals surface area contributed by atoms with Crippen LogP contribution in [0.5, 0.6) is 0 Å². The summed E-state index contributed by atoms with van der Waals surface area (Å²) < 4.78 is 14.5. The Labute approximate surface area is 145 Å². The minimum Gasteiger partial charge on any atom is -0.265 e. The molecule has 0 spiro atoms. The summed E-state index contributed by atoms with van der Waals surface area (Å²) in [6.45, 7) is 2.49. The lowest BCUT2D eigenvalue weighted by Crippen LogP contribution is -2.02. The summed E-state index contributed by atoms with van der Waals surface area (Å²) >= 11 is 0. The highest BCUT2D eigenvalue weighted by Crippen LogP contribution is 2.26. The standard InChI is InChI=1S/C19H18FN5/c1-13(12-23-25-21)2-4-17-5-3-15-10-16(11-18(20)19(15)24-17)14-6-8-22-9-7-14/h3,5-11,13H,2,4,12H2,1H3. The fraction of sp³-hybridized carbons (Fsp3) is 0.263. The molecular weight excluding hydrogens is 317 g/mol. The van der Waals surface area contributed by atoms with Crippen molar-refractivity contribution in [3.8, 4) is 11.1 Å². The monoisotopic (exact) mass is 335 g/mol. The number of aromatic nitrogens is 2. The second-order valence-corrected chi connectivity index (χ2v) is 6.13. The van der Waals surface area contributed by atoms with Crippen LogP contribution < -0.4 is 0 Å². The Kier molecular flexibility index (Phi) is 5.21. The van der Waals surface area contributed by atoms with Gasteiger partial charge in [0.2, 0.25) is 0 Å². The first-order chi connectivity index (χ1) is 12.2. The topological polar surface area (TPSA) is 74.5 Å². The highest BCUT2D eigenvalue weighted by atomic mass is 19.1.